The molecule has 188 valence electrons. The molecule has 2 aromatic heterocycles. The number of carbonyl (C=O) groups is 2. The second kappa shape index (κ2) is 10.7. The van der Waals surface area contributed by atoms with E-state index in [0.717, 1.165) is 36.9 Å². The Hall–Kier alpha value is -3.99. The fourth-order valence-corrected chi connectivity index (χ4v) is 4.20. The standard InChI is InChI=1S/C24H25ClN6O5/c1-14(16-7-9-18(10-8-16)26-23(32)17-5-3-4-6-17)27-28-24(33)20-12-11-19(36-20)13-30-15(2)21(25)22(29-30)31(34)35/h7-12,17H,3-6,13H2,1-2H3,(H,26,32)(H,28,33). The van der Waals surface area contributed by atoms with Crippen molar-refractivity contribution >= 4 is 40.6 Å². The van der Waals surface area contributed by atoms with Gasteiger partial charge in [-0.1, -0.05) is 36.6 Å². The number of aromatic nitrogens is 2. The molecule has 1 aliphatic rings. The van der Waals surface area contributed by atoms with E-state index in [9.17, 15) is 19.7 Å². The van der Waals surface area contributed by atoms with E-state index < -0.39 is 16.6 Å². The van der Waals surface area contributed by atoms with Crippen LogP contribution in [0.15, 0.2) is 45.9 Å². The molecule has 3 aromatic rings. The van der Waals surface area contributed by atoms with Crippen LogP contribution in [0.3, 0.4) is 0 Å². The normalized spacial score (nSPS) is 14.1. The number of nitrogens with one attached hydrogen (secondary N) is 2. The summed E-state index contributed by atoms with van der Waals surface area (Å²) in [6.45, 7) is 3.42. The van der Waals surface area contributed by atoms with Crippen molar-refractivity contribution in [3.63, 3.8) is 0 Å². The Morgan fingerprint density at radius 2 is 1.92 bits per heavy atom. The van der Waals surface area contributed by atoms with Crippen LogP contribution in [0.5, 0.6) is 0 Å². The monoisotopic (exact) mass is 512 g/mol. The van der Waals surface area contributed by atoms with Crippen LogP contribution in [-0.4, -0.2) is 32.2 Å². The number of furan rings is 1. The van der Waals surface area contributed by atoms with Crippen LogP contribution in [0, 0.1) is 23.0 Å². The molecule has 11 nitrogen and oxygen atoms in total. The fourth-order valence-electron chi connectivity index (χ4n) is 3.99. The maximum absolute atomic E-state index is 12.5. The van der Waals surface area contributed by atoms with Crippen molar-refractivity contribution in [2.45, 2.75) is 46.1 Å². The predicted molar refractivity (Wildman–Crippen MR) is 133 cm³/mol. The van der Waals surface area contributed by atoms with Gasteiger partial charge in [0.05, 0.1) is 16.5 Å². The van der Waals surface area contributed by atoms with Crippen LogP contribution in [0.2, 0.25) is 5.02 Å². The maximum Gasteiger partial charge on any atom is 0.408 e. The number of anilines is 1. The zero-order valence-corrected chi connectivity index (χ0v) is 20.5. The number of rotatable bonds is 8. The highest BCUT2D eigenvalue weighted by Crippen LogP contribution is 2.27. The summed E-state index contributed by atoms with van der Waals surface area (Å²) in [5, 5.41) is 21.9. The Morgan fingerprint density at radius 3 is 2.56 bits per heavy atom. The van der Waals surface area contributed by atoms with Crippen molar-refractivity contribution < 1.29 is 18.9 Å². The topological polar surface area (TPSA) is 145 Å². The van der Waals surface area contributed by atoms with Crippen LogP contribution in [0.4, 0.5) is 11.5 Å². The highest BCUT2D eigenvalue weighted by Gasteiger charge is 2.25. The molecule has 0 atom stereocenters. The number of benzene rings is 1. The van der Waals surface area contributed by atoms with Gasteiger partial charge in [-0.05, 0) is 61.4 Å². The number of hydrazone groups is 1. The van der Waals surface area contributed by atoms with Gasteiger partial charge in [-0.2, -0.15) is 9.78 Å². The molecular weight excluding hydrogens is 488 g/mol. The first-order chi connectivity index (χ1) is 17.2. The molecule has 0 spiro atoms. The summed E-state index contributed by atoms with van der Waals surface area (Å²) in [4.78, 5) is 35.1. The summed E-state index contributed by atoms with van der Waals surface area (Å²) >= 11 is 5.96. The first-order valence-corrected chi connectivity index (χ1v) is 11.8. The van der Waals surface area contributed by atoms with Crippen molar-refractivity contribution in [2.24, 2.45) is 11.0 Å². The van der Waals surface area contributed by atoms with Gasteiger partial charge in [0.2, 0.25) is 5.91 Å². The molecule has 2 amide bonds. The summed E-state index contributed by atoms with van der Waals surface area (Å²) < 4.78 is 6.89. The van der Waals surface area contributed by atoms with Crippen LogP contribution in [-0.2, 0) is 11.3 Å². The van der Waals surface area contributed by atoms with E-state index in [1.165, 1.54) is 10.7 Å². The Labute approximate surface area is 211 Å². The van der Waals surface area contributed by atoms with Gasteiger partial charge in [0.25, 0.3) is 0 Å². The van der Waals surface area contributed by atoms with Gasteiger partial charge < -0.3 is 19.8 Å². The molecule has 0 unspecified atom stereocenters. The number of hydrogen-bond acceptors (Lipinski definition) is 7. The average molecular weight is 513 g/mol. The number of hydrogen-bond donors (Lipinski definition) is 2. The summed E-state index contributed by atoms with van der Waals surface area (Å²) in [5.41, 5.74) is 4.93. The predicted octanol–water partition coefficient (Wildman–Crippen LogP) is 4.68. The van der Waals surface area contributed by atoms with E-state index in [1.807, 2.05) is 12.1 Å². The second-order valence-corrected chi connectivity index (χ2v) is 8.97. The molecule has 12 heteroatoms. The third-order valence-electron chi connectivity index (χ3n) is 6.10. The van der Waals surface area contributed by atoms with Gasteiger partial charge in [0.1, 0.15) is 12.3 Å². The lowest BCUT2D eigenvalue weighted by Gasteiger charge is -2.10. The summed E-state index contributed by atoms with van der Waals surface area (Å²) in [6, 6.07) is 10.3. The minimum Gasteiger partial charge on any atom is -0.454 e. The first-order valence-electron chi connectivity index (χ1n) is 11.4. The van der Waals surface area contributed by atoms with Crippen molar-refractivity contribution in [1.29, 1.82) is 0 Å². The second-order valence-electron chi connectivity index (χ2n) is 8.59. The molecule has 0 saturated heterocycles. The maximum atomic E-state index is 12.5. The van der Waals surface area contributed by atoms with Gasteiger partial charge >= 0.3 is 11.7 Å². The molecule has 1 fully saturated rings. The molecule has 2 N–H and O–H groups in total. The Balaban J connectivity index is 1.34. The van der Waals surface area contributed by atoms with Crippen molar-refractivity contribution in [1.82, 2.24) is 15.2 Å². The van der Waals surface area contributed by atoms with Crippen molar-refractivity contribution in [3.05, 3.63) is 74.3 Å². The molecule has 4 rings (SSSR count). The quantitative estimate of drug-likeness (QED) is 0.255. The van der Waals surface area contributed by atoms with Gasteiger partial charge in [0, 0.05) is 11.6 Å². The van der Waals surface area contributed by atoms with Gasteiger partial charge in [-0.25, -0.2) is 5.43 Å². The van der Waals surface area contributed by atoms with Gasteiger partial charge in [-0.3, -0.25) is 9.59 Å². The lowest BCUT2D eigenvalue weighted by molar-refractivity contribution is -0.389. The summed E-state index contributed by atoms with van der Waals surface area (Å²) in [5.74, 6) is -0.454. The molecule has 36 heavy (non-hydrogen) atoms. The third-order valence-corrected chi connectivity index (χ3v) is 6.54. The number of nitro groups is 1. The van der Waals surface area contributed by atoms with Gasteiger partial charge in [0.15, 0.2) is 10.8 Å². The SMILES string of the molecule is CC(=NNC(=O)c1ccc(Cn2nc([N+](=O)[O-])c(Cl)c2C)o1)c1ccc(NC(=O)C2CCCC2)cc1. The summed E-state index contributed by atoms with van der Waals surface area (Å²) in [6.07, 6.45) is 4.07. The summed E-state index contributed by atoms with van der Waals surface area (Å²) in [7, 11) is 0. The van der Waals surface area contributed by atoms with E-state index in [-0.39, 0.29) is 29.2 Å². The Bertz CT molecular complexity index is 1320. The Kier molecular flexibility index (Phi) is 7.49. The van der Waals surface area contributed by atoms with Crippen LogP contribution in [0.1, 0.15) is 60.2 Å². The van der Waals surface area contributed by atoms with E-state index in [1.54, 1.807) is 32.0 Å². The van der Waals surface area contributed by atoms with Crippen LogP contribution >= 0.6 is 11.6 Å². The molecule has 1 saturated carbocycles. The first kappa shape index (κ1) is 25.1. The smallest absolute Gasteiger partial charge is 0.408 e. The van der Waals surface area contributed by atoms with Crippen molar-refractivity contribution in [3.8, 4) is 0 Å². The Morgan fingerprint density at radius 1 is 1.22 bits per heavy atom. The zero-order valence-electron chi connectivity index (χ0n) is 19.8. The highest BCUT2D eigenvalue weighted by molar-refractivity contribution is 6.33. The van der Waals surface area contributed by atoms with Crippen molar-refractivity contribution in [2.75, 3.05) is 5.32 Å². The van der Waals surface area contributed by atoms with E-state index >= 15 is 0 Å². The largest absolute Gasteiger partial charge is 0.454 e. The molecule has 0 aliphatic heterocycles. The minimum absolute atomic E-state index is 0.0249. The lowest BCUT2D eigenvalue weighted by Crippen LogP contribution is -2.20. The molecule has 0 radical (unpaired) electrons. The van der Waals surface area contributed by atoms with Gasteiger partial charge in [-0.15, -0.1) is 0 Å². The van der Waals surface area contributed by atoms with E-state index in [2.05, 4.69) is 20.9 Å². The number of amides is 2. The lowest BCUT2D eigenvalue weighted by atomic mass is 10.1. The molecule has 1 aliphatic carbocycles. The number of halogens is 1. The third kappa shape index (κ3) is 5.62. The molecular formula is C24H25ClN6O5. The molecule has 2 heterocycles. The molecule has 0 bridgehead atoms. The van der Waals surface area contributed by atoms with Crippen LogP contribution in [0.25, 0.3) is 0 Å². The zero-order chi connectivity index (χ0) is 25.8. The van der Waals surface area contributed by atoms with E-state index in [4.69, 9.17) is 16.0 Å². The number of carbonyl (C=O) groups excluding carboxylic acids is 2. The highest BCUT2D eigenvalue weighted by atomic mass is 35.5. The fraction of sp³-hybridized carbons (Fsp3) is 0.333. The molecule has 1 aromatic carbocycles. The minimum atomic E-state index is -0.659. The van der Waals surface area contributed by atoms with Crippen LogP contribution < -0.4 is 10.7 Å². The average Bonchev–Trinajstić information content (AvgIpc) is 3.61. The van der Waals surface area contributed by atoms with E-state index in [0.29, 0.717) is 17.2 Å². The number of nitrogens with zero attached hydrogens (tertiary/aromatic N) is 4.